The smallest absolute Gasteiger partial charge is 0.116 e. The molecule has 0 spiro atoms. The van der Waals surface area contributed by atoms with Gasteiger partial charge in [0.15, 0.2) is 0 Å². The summed E-state index contributed by atoms with van der Waals surface area (Å²) in [6.45, 7) is 8.61. The van der Waals surface area contributed by atoms with Gasteiger partial charge in [-0.3, -0.25) is 0 Å². The number of rotatable bonds is 5. The second-order valence-corrected chi connectivity index (χ2v) is 6.53. The van der Waals surface area contributed by atoms with Crippen molar-refractivity contribution in [1.29, 1.82) is 0 Å². The van der Waals surface area contributed by atoms with Gasteiger partial charge in [0.05, 0.1) is 16.9 Å². The molecule has 18 heavy (non-hydrogen) atoms. The largest absolute Gasteiger partial charge is 0.301 e. The van der Waals surface area contributed by atoms with E-state index in [9.17, 15) is 0 Å². The molecule has 1 atom stereocenters. The van der Waals surface area contributed by atoms with Gasteiger partial charge in [0.2, 0.25) is 0 Å². The average Bonchev–Trinajstić information content (AvgIpc) is 2.94. The zero-order chi connectivity index (χ0) is 13.1. The van der Waals surface area contributed by atoms with Crippen molar-refractivity contribution < 1.29 is 0 Å². The lowest BCUT2D eigenvalue weighted by atomic mass is 10.2. The molecule has 1 unspecified atom stereocenters. The minimum Gasteiger partial charge on any atom is -0.301 e. The summed E-state index contributed by atoms with van der Waals surface area (Å²) >= 11 is 3.41. The lowest BCUT2D eigenvalue weighted by Crippen LogP contribution is -2.29. The molecule has 5 heteroatoms. The maximum atomic E-state index is 4.76. The van der Waals surface area contributed by atoms with Crippen LogP contribution in [-0.4, -0.2) is 16.0 Å². The van der Waals surface area contributed by atoms with Crippen LogP contribution in [0.3, 0.4) is 0 Å². The van der Waals surface area contributed by atoms with E-state index in [0.29, 0.717) is 6.04 Å². The molecule has 0 saturated carbocycles. The van der Waals surface area contributed by atoms with E-state index < -0.39 is 0 Å². The summed E-state index contributed by atoms with van der Waals surface area (Å²) in [5.41, 5.74) is 4.16. The van der Waals surface area contributed by atoms with Gasteiger partial charge in [0.25, 0.3) is 0 Å². The molecule has 0 bridgehead atoms. The SMILES string of the molecule is CCc1nc(C(NC(C)C)c2cscn2)sc1C. The molecule has 0 aliphatic heterocycles. The van der Waals surface area contributed by atoms with Crippen LogP contribution in [0, 0.1) is 6.92 Å². The number of hydrogen-bond donors (Lipinski definition) is 1. The van der Waals surface area contributed by atoms with Crippen LogP contribution >= 0.6 is 22.7 Å². The van der Waals surface area contributed by atoms with Gasteiger partial charge in [-0.15, -0.1) is 22.7 Å². The molecule has 2 aromatic heterocycles. The van der Waals surface area contributed by atoms with Crippen LogP contribution in [0.1, 0.15) is 48.1 Å². The topological polar surface area (TPSA) is 37.8 Å². The van der Waals surface area contributed by atoms with Crippen molar-refractivity contribution in [3.05, 3.63) is 32.2 Å². The zero-order valence-electron chi connectivity index (χ0n) is 11.2. The zero-order valence-corrected chi connectivity index (χ0v) is 12.9. The van der Waals surface area contributed by atoms with Crippen LogP contribution in [-0.2, 0) is 6.42 Å². The number of nitrogens with zero attached hydrogens (tertiary/aromatic N) is 2. The summed E-state index contributed by atoms with van der Waals surface area (Å²) in [4.78, 5) is 10.5. The summed E-state index contributed by atoms with van der Waals surface area (Å²) in [6.07, 6.45) is 0.994. The molecule has 0 aliphatic rings. The van der Waals surface area contributed by atoms with E-state index in [1.165, 1.54) is 10.6 Å². The van der Waals surface area contributed by atoms with Crippen LogP contribution in [0.25, 0.3) is 0 Å². The van der Waals surface area contributed by atoms with Crippen LogP contribution < -0.4 is 5.32 Å². The van der Waals surface area contributed by atoms with Gasteiger partial charge >= 0.3 is 0 Å². The lowest BCUT2D eigenvalue weighted by Gasteiger charge is -2.17. The first-order chi connectivity index (χ1) is 8.61. The Balaban J connectivity index is 2.33. The van der Waals surface area contributed by atoms with Crippen molar-refractivity contribution in [2.75, 3.05) is 0 Å². The van der Waals surface area contributed by atoms with Gasteiger partial charge in [-0.2, -0.15) is 0 Å². The number of hydrogen-bond acceptors (Lipinski definition) is 5. The highest BCUT2D eigenvalue weighted by molar-refractivity contribution is 7.11. The molecule has 3 nitrogen and oxygen atoms in total. The maximum Gasteiger partial charge on any atom is 0.116 e. The van der Waals surface area contributed by atoms with Gasteiger partial charge in [0, 0.05) is 16.3 Å². The minimum absolute atomic E-state index is 0.125. The summed E-state index contributed by atoms with van der Waals surface area (Å²) in [5.74, 6) is 0. The summed E-state index contributed by atoms with van der Waals surface area (Å²) in [6, 6.07) is 0.534. The Morgan fingerprint density at radius 1 is 1.39 bits per heavy atom. The first-order valence-corrected chi connectivity index (χ1v) is 7.98. The standard InChI is InChI=1S/C13H19N3S2/c1-5-10-9(4)18-13(16-10)12(15-8(2)3)11-6-17-7-14-11/h6-8,12,15H,5H2,1-4H3. The number of aryl methyl sites for hydroxylation is 2. The predicted octanol–water partition coefficient (Wildman–Crippen LogP) is 3.56. The van der Waals surface area contributed by atoms with Crippen LogP contribution in [0.15, 0.2) is 10.9 Å². The average molecular weight is 281 g/mol. The fourth-order valence-electron chi connectivity index (χ4n) is 1.88. The molecule has 0 aliphatic carbocycles. The third-order valence-electron chi connectivity index (χ3n) is 2.74. The van der Waals surface area contributed by atoms with Crippen molar-refractivity contribution in [2.24, 2.45) is 0 Å². The number of thiazole rings is 2. The van der Waals surface area contributed by atoms with Crippen molar-refractivity contribution in [1.82, 2.24) is 15.3 Å². The van der Waals surface area contributed by atoms with E-state index in [1.807, 2.05) is 5.51 Å². The molecule has 1 N–H and O–H groups in total. The second kappa shape index (κ2) is 5.91. The second-order valence-electron chi connectivity index (χ2n) is 4.58. The Morgan fingerprint density at radius 2 is 2.17 bits per heavy atom. The Kier molecular flexibility index (Phi) is 4.48. The molecule has 0 aromatic carbocycles. The van der Waals surface area contributed by atoms with E-state index in [-0.39, 0.29) is 6.04 Å². The third-order valence-corrected chi connectivity index (χ3v) is 4.42. The normalized spacial score (nSPS) is 13.2. The molecule has 0 fully saturated rings. The van der Waals surface area contributed by atoms with Crippen LogP contribution in [0.5, 0.6) is 0 Å². The Labute approximate surface area is 116 Å². The molecule has 2 heterocycles. The number of nitrogens with one attached hydrogen (secondary N) is 1. The van der Waals surface area contributed by atoms with Gasteiger partial charge in [-0.1, -0.05) is 6.92 Å². The van der Waals surface area contributed by atoms with Crippen molar-refractivity contribution in [3.8, 4) is 0 Å². The lowest BCUT2D eigenvalue weighted by molar-refractivity contribution is 0.519. The summed E-state index contributed by atoms with van der Waals surface area (Å²) in [7, 11) is 0. The quantitative estimate of drug-likeness (QED) is 0.910. The molecule has 2 aromatic rings. The molecule has 0 amide bonds. The fourth-order valence-corrected chi connectivity index (χ4v) is 3.55. The maximum absolute atomic E-state index is 4.76. The Bertz CT molecular complexity index is 488. The summed E-state index contributed by atoms with van der Waals surface area (Å²) < 4.78 is 0. The molecule has 98 valence electrons. The first-order valence-electron chi connectivity index (χ1n) is 6.22. The Hall–Kier alpha value is -0.780. The van der Waals surface area contributed by atoms with Crippen LogP contribution in [0.2, 0.25) is 0 Å². The highest BCUT2D eigenvalue weighted by Gasteiger charge is 2.21. The van der Waals surface area contributed by atoms with E-state index >= 15 is 0 Å². The van der Waals surface area contributed by atoms with E-state index in [1.54, 1.807) is 22.7 Å². The predicted molar refractivity (Wildman–Crippen MR) is 78.5 cm³/mol. The van der Waals surface area contributed by atoms with E-state index in [2.05, 4.69) is 43.4 Å². The Morgan fingerprint density at radius 3 is 2.67 bits per heavy atom. The fraction of sp³-hybridized carbons (Fsp3) is 0.538. The first kappa shape index (κ1) is 13.6. The molecule has 0 radical (unpaired) electrons. The molecule has 2 rings (SSSR count). The van der Waals surface area contributed by atoms with Gasteiger partial charge in [-0.25, -0.2) is 9.97 Å². The van der Waals surface area contributed by atoms with E-state index in [4.69, 9.17) is 4.98 Å². The highest BCUT2D eigenvalue weighted by Crippen LogP contribution is 2.28. The van der Waals surface area contributed by atoms with Gasteiger partial charge in [0.1, 0.15) is 11.0 Å². The monoisotopic (exact) mass is 281 g/mol. The van der Waals surface area contributed by atoms with Crippen molar-refractivity contribution >= 4 is 22.7 Å². The van der Waals surface area contributed by atoms with Gasteiger partial charge in [-0.05, 0) is 27.2 Å². The molecule has 0 saturated heterocycles. The minimum atomic E-state index is 0.125. The van der Waals surface area contributed by atoms with Gasteiger partial charge < -0.3 is 5.32 Å². The highest BCUT2D eigenvalue weighted by atomic mass is 32.1. The molecular formula is C13H19N3S2. The van der Waals surface area contributed by atoms with E-state index in [0.717, 1.165) is 17.1 Å². The van der Waals surface area contributed by atoms with Crippen molar-refractivity contribution in [2.45, 2.75) is 46.2 Å². The van der Waals surface area contributed by atoms with Crippen LogP contribution in [0.4, 0.5) is 0 Å². The summed E-state index contributed by atoms with van der Waals surface area (Å²) in [5, 5.41) is 6.78. The third kappa shape index (κ3) is 2.96. The van der Waals surface area contributed by atoms with Crippen molar-refractivity contribution in [3.63, 3.8) is 0 Å². The molecular weight excluding hydrogens is 262 g/mol. The number of aromatic nitrogens is 2.